The lowest BCUT2D eigenvalue weighted by atomic mass is 10.0. The fourth-order valence-electron chi connectivity index (χ4n) is 2.58. The molecule has 2 aromatic heterocycles. The molecule has 3 heterocycles. The third-order valence-corrected chi connectivity index (χ3v) is 3.74. The molecule has 7 heteroatoms. The summed E-state index contributed by atoms with van der Waals surface area (Å²) < 4.78 is 7.30. The van der Waals surface area contributed by atoms with Gasteiger partial charge < -0.3 is 10.1 Å². The summed E-state index contributed by atoms with van der Waals surface area (Å²) in [5.41, 5.74) is 0.718. The Kier molecular flexibility index (Phi) is 3.93. The van der Waals surface area contributed by atoms with Crippen LogP contribution in [0.2, 0.25) is 5.02 Å². The van der Waals surface area contributed by atoms with E-state index in [-0.39, 0.29) is 16.5 Å². The number of anilines is 1. The molecule has 0 saturated heterocycles. The zero-order valence-electron chi connectivity index (χ0n) is 13.5. The minimum absolute atomic E-state index is 0.0110. The van der Waals surface area contributed by atoms with Gasteiger partial charge in [0.25, 0.3) is 5.56 Å². The van der Waals surface area contributed by atoms with Gasteiger partial charge in [-0.25, -0.2) is 0 Å². The zero-order valence-corrected chi connectivity index (χ0v) is 14.2. The van der Waals surface area contributed by atoms with Crippen molar-refractivity contribution in [3.63, 3.8) is 0 Å². The van der Waals surface area contributed by atoms with Gasteiger partial charge in [-0.15, -0.1) is 0 Å². The summed E-state index contributed by atoms with van der Waals surface area (Å²) in [4.78, 5) is 28.0. The second-order valence-electron chi connectivity index (χ2n) is 6.04. The molecule has 0 radical (unpaired) electrons. The molecule has 3 rings (SSSR count). The number of halogens is 1. The second-order valence-corrected chi connectivity index (χ2v) is 6.45. The molecular weight excluding hydrogens is 330 g/mol. The van der Waals surface area contributed by atoms with Gasteiger partial charge in [0.1, 0.15) is 16.4 Å². The normalized spacial score (nSPS) is 15.1. The number of nitrogens with one attached hydrogen (secondary N) is 1. The third kappa shape index (κ3) is 3.05. The van der Waals surface area contributed by atoms with Gasteiger partial charge in [-0.3, -0.25) is 19.1 Å². The molecule has 1 aliphatic rings. The quantitative estimate of drug-likeness (QED) is 0.908. The molecule has 1 amide bonds. The number of hydrogen-bond donors (Lipinski definition) is 1. The molecule has 1 N–H and O–H groups in total. The number of amides is 1. The van der Waals surface area contributed by atoms with Gasteiger partial charge in [0.05, 0.1) is 16.9 Å². The maximum atomic E-state index is 12.5. The molecule has 0 saturated carbocycles. The minimum atomic E-state index is -0.611. The number of carbonyl (C=O) groups is 1. The maximum Gasteiger partial charge on any atom is 0.273 e. The summed E-state index contributed by atoms with van der Waals surface area (Å²) in [7, 11) is 0. The Balaban J connectivity index is 2.24. The summed E-state index contributed by atoms with van der Waals surface area (Å²) in [5.74, 6) is 0.375. The standard InChI is InChI=1S/C17H16ClN3O3/c1-10(22)20-11-6-13(18)16(23)21(9-11)14-7-17(2,3)24-15-4-5-19-8-12(14)15/h4-9H,1-3H3,(H,20,22). The van der Waals surface area contributed by atoms with Crippen molar-refractivity contribution < 1.29 is 9.53 Å². The number of hydrogen-bond acceptors (Lipinski definition) is 4. The van der Waals surface area contributed by atoms with Crippen LogP contribution in [0, 0.1) is 0 Å². The second kappa shape index (κ2) is 5.79. The molecule has 124 valence electrons. The Labute approximate surface area is 143 Å². The summed E-state index contributed by atoms with van der Waals surface area (Å²) >= 11 is 6.06. The van der Waals surface area contributed by atoms with E-state index in [1.54, 1.807) is 24.7 Å². The van der Waals surface area contributed by atoms with Crippen molar-refractivity contribution in [2.75, 3.05) is 5.32 Å². The van der Waals surface area contributed by atoms with Gasteiger partial charge in [0, 0.05) is 25.5 Å². The number of carbonyl (C=O) groups excluding carboxylic acids is 1. The molecular formula is C17H16ClN3O3. The lowest BCUT2D eigenvalue weighted by molar-refractivity contribution is -0.114. The van der Waals surface area contributed by atoms with E-state index in [9.17, 15) is 9.59 Å². The van der Waals surface area contributed by atoms with Crippen LogP contribution in [0.25, 0.3) is 5.70 Å². The number of rotatable bonds is 2. The van der Waals surface area contributed by atoms with Crippen molar-refractivity contribution in [1.82, 2.24) is 9.55 Å². The van der Waals surface area contributed by atoms with Crippen molar-refractivity contribution in [3.8, 4) is 5.75 Å². The van der Waals surface area contributed by atoms with Crippen LogP contribution in [0.15, 0.2) is 41.6 Å². The number of nitrogens with zero attached hydrogens (tertiary/aromatic N) is 2. The number of aromatic nitrogens is 2. The molecule has 1 aliphatic heterocycles. The first-order valence-corrected chi connectivity index (χ1v) is 7.71. The molecule has 0 bridgehead atoms. The highest BCUT2D eigenvalue weighted by Gasteiger charge is 2.28. The average Bonchev–Trinajstić information content (AvgIpc) is 2.48. The van der Waals surface area contributed by atoms with Gasteiger partial charge in [-0.05, 0) is 32.1 Å². The molecule has 0 aliphatic carbocycles. The SMILES string of the molecule is CC(=O)Nc1cc(Cl)c(=O)n(C2=CC(C)(C)Oc3ccncc32)c1. The summed E-state index contributed by atoms with van der Waals surface area (Å²) in [6, 6.07) is 3.17. The predicted molar refractivity (Wildman–Crippen MR) is 92.3 cm³/mol. The Bertz CT molecular complexity index is 916. The zero-order chi connectivity index (χ0) is 17.5. The van der Waals surface area contributed by atoms with Crippen molar-refractivity contribution >= 4 is 28.9 Å². The first-order chi connectivity index (χ1) is 11.3. The molecule has 0 spiro atoms. The van der Waals surface area contributed by atoms with Gasteiger partial charge in [0.15, 0.2) is 0 Å². The van der Waals surface area contributed by atoms with Crippen LogP contribution in [0.5, 0.6) is 5.75 Å². The molecule has 0 fully saturated rings. The van der Waals surface area contributed by atoms with Gasteiger partial charge in [0.2, 0.25) is 5.91 Å². The van der Waals surface area contributed by atoms with Crippen LogP contribution in [0.3, 0.4) is 0 Å². The lowest BCUT2D eigenvalue weighted by Crippen LogP contribution is -2.32. The van der Waals surface area contributed by atoms with E-state index in [0.717, 1.165) is 0 Å². The third-order valence-electron chi connectivity index (χ3n) is 3.47. The Morgan fingerprint density at radius 2 is 2.17 bits per heavy atom. The lowest BCUT2D eigenvalue weighted by Gasteiger charge is -2.31. The van der Waals surface area contributed by atoms with E-state index in [0.29, 0.717) is 22.7 Å². The summed E-state index contributed by atoms with van der Waals surface area (Å²) in [6.45, 7) is 5.17. The van der Waals surface area contributed by atoms with Crippen LogP contribution < -0.4 is 15.6 Å². The molecule has 0 unspecified atom stereocenters. The highest BCUT2D eigenvalue weighted by Crippen LogP contribution is 2.35. The Morgan fingerprint density at radius 1 is 1.42 bits per heavy atom. The van der Waals surface area contributed by atoms with Gasteiger partial charge in [-0.1, -0.05) is 11.6 Å². The summed E-state index contributed by atoms with van der Waals surface area (Å²) in [6.07, 6.45) is 6.62. The Hall–Kier alpha value is -2.60. The number of pyridine rings is 2. The first kappa shape index (κ1) is 16.3. The van der Waals surface area contributed by atoms with Gasteiger partial charge >= 0.3 is 0 Å². The van der Waals surface area contributed by atoms with E-state index >= 15 is 0 Å². The fraction of sp³-hybridized carbons (Fsp3) is 0.235. The van der Waals surface area contributed by atoms with E-state index in [2.05, 4.69) is 10.3 Å². The molecule has 6 nitrogen and oxygen atoms in total. The monoisotopic (exact) mass is 345 g/mol. The van der Waals surface area contributed by atoms with Crippen molar-refractivity contribution in [2.45, 2.75) is 26.4 Å². The van der Waals surface area contributed by atoms with E-state index in [4.69, 9.17) is 16.3 Å². The summed E-state index contributed by atoms with van der Waals surface area (Å²) in [5, 5.41) is 2.65. The Morgan fingerprint density at radius 3 is 2.88 bits per heavy atom. The maximum absolute atomic E-state index is 12.5. The fourth-order valence-corrected chi connectivity index (χ4v) is 2.79. The molecule has 0 aromatic carbocycles. The minimum Gasteiger partial charge on any atom is -0.483 e. The van der Waals surface area contributed by atoms with Gasteiger partial charge in [-0.2, -0.15) is 0 Å². The topological polar surface area (TPSA) is 73.2 Å². The molecule has 24 heavy (non-hydrogen) atoms. The van der Waals surface area contributed by atoms with Crippen molar-refractivity contribution in [2.24, 2.45) is 0 Å². The van der Waals surface area contributed by atoms with Crippen LogP contribution in [0.4, 0.5) is 5.69 Å². The van der Waals surface area contributed by atoms with Crippen LogP contribution in [-0.2, 0) is 4.79 Å². The van der Waals surface area contributed by atoms with E-state index in [1.807, 2.05) is 19.9 Å². The molecule has 2 aromatic rings. The van der Waals surface area contributed by atoms with Crippen LogP contribution in [0.1, 0.15) is 26.3 Å². The number of ether oxygens (including phenoxy) is 1. The van der Waals surface area contributed by atoms with E-state index < -0.39 is 5.60 Å². The number of fused-ring (bicyclic) bond motifs is 1. The van der Waals surface area contributed by atoms with Crippen LogP contribution in [-0.4, -0.2) is 21.1 Å². The van der Waals surface area contributed by atoms with E-state index in [1.165, 1.54) is 17.6 Å². The largest absolute Gasteiger partial charge is 0.483 e. The first-order valence-electron chi connectivity index (χ1n) is 7.33. The van der Waals surface area contributed by atoms with Crippen molar-refractivity contribution in [1.29, 1.82) is 0 Å². The highest BCUT2D eigenvalue weighted by atomic mass is 35.5. The molecule has 0 atom stereocenters. The smallest absolute Gasteiger partial charge is 0.273 e. The highest BCUT2D eigenvalue weighted by molar-refractivity contribution is 6.30. The average molecular weight is 346 g/mol. The van der Waals surface area contributed by atoms with Crippen LogP contribution >= 0.6 is 11.6 Å². The predicted octanol–water partition coefficient (Wildman–Crippen LogP) is 2.92. The van der Waals surface area contributed by atoms with Crippen molar-refractivity contribution in [3.05, 3.63) is 57.7 Å².